The predicted octanol–water partition coefficient (Wildman–Crippen LogP) is 5.61. The molecule has 1 heterocycles. The molecule has 0 spiro atoms. The molecule has 31 heavy (non-hydrogen) atoms. The maximum atomic E-state index is 4.78. The van der Waals surface area contributed by atoms with E-state index >= 15 is 0 Å². The van der Waals surface area contributed by atoms with E-state index in [9.17, 15) is 0 Å². The molecule has 164 valence electrons. The molecule has 0 aliphatic carbocycles. The number of aryl methyl sites for hydroxylation is 3. The van der Waals surface area contributed by atoms with Crippen molar-refractivity contribution >= 4 is 29.0 Å². The molecule has 3 aromatic rings. The van der Waals surface area contributed by atoms with Gasteiger partial charge in [0.15, 0.2) is 0 Å². The lowest BCUT2D eigenvalue weighted by Gasteiger charge is -2.29. The highest BCUT2D eigenvalue weighted by Crippen LogP contribution is 2.39. The largest absolute Gasteiger partial charge is 0.377 e. The van der Waals surface area contributed by atoms with Gasteiger partial charge in [0.25, 0.3) is 0 Å². The van der Waals surface area contributed by atoms with Crippen LogP contribution >= 0.6 is 0 Å². The van der Waals surface area contributed by atoms with Crippen LogP contribution in [0.5, 0.6) is 0 Å². The van der Waals surface area contributed by atoms with Crippen LogP contribution in [0.25, 0.3) is 0 Å². The Labute approximate surface area is 186 Å². The molecule has 0 aliphatic heterocycles. The lowest BCUT2D eigenvalue weighted by molar-refractivity contribution is 0.935. The summed E-state index contributed by atoms with van der Waals surface area (Å²) in [6.07, 6.45) is 0. The van der Waals surface area contributed by atoms with Crippen molar-refractivity contribution in [3.05, 3.63) is 57.4 Å². The molecule has 6 nitrogen and oxygen atoms in total. The zero-order valence-corrected chi connectivity index (χ0v) is 20.5. The quantitative estimate of drug-likeness (QED) is 0.581. The van der Waals surface area contributed by atoms with Gasteiger partial charge in [-0.15, -0.1) is 0 Å². The third kappa shape index (κ3) is 4.20. The molecule has 0 saturated carbocycles. The SMILES string of the molecule is Cc1nc(Nc2c(C)cccc2C)nc(N(C)c2c(C)c(C)c(C)c(N(C)C)c2C)n1. The second-order valence-electron chi connectivity index (χ2n) is 8.55. The Balaban J connectivity index is 2.11. The fourth-order valence-electron chi connectivity index (χ4n) is 4.38. The molecule has 2 aromatic carbocycles. The maximum absolute atomic E-state index is 4.78. The topological polar surface area (TPSA) is 57.2 Å². The summed E-state index contributed by atoms with van der Waals surface area (Å²) in [5.41, 5.74) is 10.8. The van der Waals surface area contributed by atoms with E-state index in [4.69, 9.17) is 4.98 Å². The van der Waals surface area contributed by atoms with Gasteiger partial charge in [-0.1, -0.05) is 18.2 Å². The van der Waals surface area contributed by atoms with Gasteiger partial charge in [0.05, 0.1) is 5.69 Å². The number of anilines is 5. The van der Waals surface area contributed by atoms with Crippen LogP contribution in [0.4, 0.5) is 29.0 Å². The fraction of sp³-hybridized carbons (Fsp3) is 0.400. The van der Waals surface area contributed by atoms with Gasteiger partial charge < -0.3 is 15.1 Å². The maximum Gasteiger partial charge on any atom is 0.234 e. The van der Waals surface area contributed by atoms with Crippen molar-refractivity contribution in [3.63, 3.8) is 0 Å². The number of nitrogens with one attached hydrogen (secondary N) is 1. The lowest BCUT2D eigenvalue weighted by atomic mass is 9.94. The summed E-state index contributed by atoms with van der Waals surface area (Å²) < 4.78 is 0. The molecule has 1 aromatic heterocycles. The van der Waals surface area contributed by atoms with Crippen LogP contribution in [-0.2, 0) is 0 Å². The van der Waals surface area contributed by atoms with E-state index in [1.54, 1.807) is 0 Å². The predicted molar refractivity (Wildman–Crippen MR) is 132 cm³/mol. The van der Waals surface area contributed by atoms with Crippen LogP contribution in [0, 0.1) is 48.5 Å². The molecule has 0 bridgehead atoms. The smallest absolute Gasteiger partial charge is 0.234 e. The Kier molecular flexibility index (Phi) is 6.20. The first-order chi connectivity index (χ1) is 14.5. The minimum absolute atomic E-state index is 0.554. The van der Waals surface area contributed by atoms with E-state index in [0.29, 0.717) is 17.7 Å². The van der Waals surface area contributed by atoms with Crippen LogP contribution in [0.3, 0.4) is 0 Å². The average Bonchev–Trinajstić information content (AvgIpc) is 2.68. The van der Waals surface area contributed by atoms with Gasteiger partial charge in [-0.25, -0.2) is 0 Å². The zero-order valence-electron chi connectivity index (χ0n) is 20.5. The van der Waals surface area contributed by atoms with Crippen LogP contribution in [0.1, 0.15) is 39.2 Å². The van der Waals surface area contributed by atoms with Crippen molar-refractivity contribution in [2.45, 2.75) is 48.5 Å². The van der Waals surface area contributed by atoms with Crippen molar-refractivity contribution in [1.82, 2.24) is 15.0 Å². The number of rotatable bonds is 5. The first-order valence-electron chi connectivity index (χ1n) is 10.6. The molecule has 0 atom stereocenters. The number of hydrogen-bond donors (Lipinski definition) is 1. The second-order valence-corrected chi connectivity index (χ2v) is 8.55. The van der Waals surface area contributed by atoms with E-state index in [-0.39, 0.29) is 0 Å². The van der Waals surface area contributed by atoms with Crippen molar-refractivity contribution in [2.75, 3.05) is 36.3 Å². The Bertz CT molecular complexity index is 1110. The van der Waals surface area contributed by atoms with E-state index in [2.05, 4.69) is 98.9 Å². The molecule has 0 saturated heterocycles. The number of para-hydroxylation sites is 1. The molecular weight excluding hydrogens is 384 g/mol. The first-order valence-corrected chi connectivity index (χ1v) is 10.6. The molecule has 0 unspecified atom stereocenters. The molecule has 0 amide bonds. The monoisotopic (exact) mass is 418 g/mol. The average molecular weight is 419 g/mol. The second kappa shape index (κ2) is 8.53. The van der Waals surface area contributed by atoms with Gasteiger partial charge in [0.1, 0.15) is 5.82 Å². The highest BCUT2D eigenvalue weighted by atomic mass is 15.3. The standard InChI is InChI=1S/C25H34N6/c1-14-12-11-13-15(2)21(14)28-24-26-20(7)27-25(29-24)31(10)23-18(5)16(3)17(4)22(19(23)6)30(8)9/h11-13H,1-10H3,(H,26,27,28,29). The van der Waals surface area contributed by atoms with Crippen LogP contribution < -0.4 is 15.1 Å². The lowest BCUT2D eigenvalue weighted by Crippen LogP contribution is -2.21. The summed E-state index contributed by atoms with van der Waals surface area (Å²) in [5, 5.41) is 3.41. The number of nitrogens with zero attached hydrogens (tertiary/aromatic N) is 5. The summed E-state index contributed by atoms with van der Waals surface area (Å²) in [5.74, 6) is 1.86. The van der Waals surface area contributed by atoms with Gasteiger partial charge in [-0.05, 0) is 81.8 Å². The van der Waals surface area contributed by atoms with E-state index in [1.165, 1.54) is 27.9 Å². The van der Waals surface area contributed by atoms with Crippen LogP contribution in [-0.4, -0.2) is 36.1 Å². The van der Waals surface area contributed by atoms with E-state index in [1.807, 2.05) is 14.0 Å². The minimum Gasteiger partial charge on any atom is -0.377 e. The van der Waals surface area contributed by atoms with Crippen molar-refractivity contribution in [2.24, 2.45) is 0 Å². The normalized spacial score (nSPS) is 10.9. The number of aromatic nitrogens is 3. The molecule has 0 radical (unpaired) electrons. The number of benzene rings is 2. The van der Waals surface area contributed by atoms with Gasteiger partial charge in [0.2, 0.25) is 11.9 Å². The van der Waals surface area contributed by atoms with E-state index < -0.39 is 0 Å². The van der Waals surface area contributed by atoms with Gasteiger partial charge in [0, 0.05) is 32.5 Å². The van der Waals surface area contributed by atoms with Gasteiger partial charge >= 0.3 is 0 Å². The Morgan fingerprint density at radius 1 is 0.677 bits per heavy atom. The molecule has 0 fully saturated rings. The highest BCUT2D eigenvalue weighted by Gasteiger charge is 2.21. The summed E-state index contributed by atoms with van der Waals surface area (Å²) in [6.45, 7) is 14.8. The third-order valence-corrected chi connectivity index (χ3v) is 6.08. The summed E-state index contributed by atoms with van der Waals surface area (Å²) in [4.78, 5) is 18.2. The molecule has 1 N–H and O–H groups in total. The Morgan fingerprint density at radius 2 is 1.26 bits per heavy atom. The molecular formula is C25H34N6. The highest BCUT2D eigenvalue weighted by molar-refractivity contribution is 5.78. The molecule has 6 heteroatoms. The van der Waals surface area contributed by atoms with Crippen molar-refractivity contribution < 1.29 is 0 Å². The van der Waals surface area contributed by atoms with Crippen molar-refractivity contribution in [1.29, 1.82) is 0 Å². The third-order valence-electron chi connectivity index (χ3n) is 6.08. The van der Waals surface area contributed by atoms with Gasteiger partial charge in [-0.2, -0.15) is 15.0 Å². The summed E-state index contributed by atoms with van der Waals surface area (Å²) >= 11 is 0. The zero-order chi connectivity index (χ0) is 23.0. The number of hydrogen-bond acceptors (Lipinski definition) is 6. The van der Waals surface area contributed by atoms with Gasteiger partial charge in [-0.3, -0.25) is 0 Å². The summed E-state index contributed by atoms with van der Waals surface area (Å²) in [6, 6.07) is 6.23. The molecule has 3 rings (SSSR count). The Morgan fingerprint density at radius 3 is 1.84 bits per heavy atom. The van der Waals surface area contributed by atoms with Crippen LogP contribution in [0.15, 0.2) is 18.2 Å². The van der Waals surface area contributed by atoms with E-state index in [0.717, 1.165) is 22.5 Å². The minimum atomic E-state index is 0.554. The van der Waals surface area contributed by atoms with Crippen molar-refractivity contribution in [3.8, 4) is 0 Å². The Hall–Kier alpha value is -3.15. The molecule has 0 aliphatic rings. The summed E-state index contributed by atoms with van der Waals surface area (Å²) in [7, 11) is 6.21. The van der Waals surface area contributed by atoms with Crippen LogP contribution in [0.2, 0.25) is 0 Å². The first kappa shape index (κ1) is 22.5. The fourth-order valence-corrected chi connectivity index (χ4v) is 4.38.